The Hall–Kier alpha value is -2.37. The van der Waals surface area contributed by atoms with Crippen molar-refractivity contribution >= 4 is 17.5 Å². The van der Waals surface area contributed by atoms with Gasteiger partial charge in [0.25, 0.3) is 0 Å². The van der Waals surface area contributed by atoms with E-state index in [0.717, 1.165) is 49.3 Å². The summed E-state index contributed by atoms with van der Waals surface area (Å²) in [4.78, 5) is 14.1. The van der Waals surface area contributed by atoms with Crippen LogP contribution >= 0.6 is 0 Å². The molecule has 2 heterocycles. The van der Waals surface area contributed by atoms with Crippen molar-refractivity contribution < 1.29 is 4.39 Å². The number of aromatic nitrogens is 2. The highest BCUT2D eigenvalue weighted by atomic mass is 19.1. The van der Waals surface area contributed by atoms with Crippen molar-refractivity contribution in [3.05, 3.63) is 41.8 Å². The van der Waals surface area contributed by atoms with Crippen molar-refractivity contribution in [3.8, 4) is 0 Å². The van der Waals surface area contributed by atoms with Crippen LogP contribution < -0.4 is 15.1 Å². The van der Waals surface area contributed by atoms with Gasteiger partial charge in [0.2, 0.25) is 5.95 Å². The zero-order valence-electron chi connectivity index (χ0n) is 16.7. The van der Waals surface area contributed by atoms with Gasteiger partial charge in [-0.3, -0.25) is 0 Å². The van der Waals surface area contributed by atoms with E-state index < -0.39 is 0 Å². The molecule has 4 rings (SSSR count). The highest BCUT2D eigenvalue weighted by Crippen LogP contribution is 2.23. The van der Waals surface area contributed by atoms with Gasteiger partial charge in [0.1, 0.15) is 11.6 Å². The fraction of sp³-hybridized carbons (Fsp3) is 0.545. The molecule has 1 N–H and O–H groups in total. The SMILES string of the molecule is Cc1cc(N2CCN(c3ccc(F)cc3)CC2)nc(NC2CCCCCC2)n1. The highest BCUT2D eigenvalue weighted by Gasteiger charge is 2.20. The average molecular weight is 384 g/mol. The zero-order chi connectivity index (χ0) is 19.3. The third-order valence-corrected chi connectivity index (χ3v) is 5.82. The molecule has 150 valence electrons. The van der Waals surface area contributed by atoms with E-state index in [0.29, 0.717) is 6.04 Å². The van der Waals surface area contributed by atoms with E-state index in [1.54, 1.807) is 0 Å². The molecule has 2 aliphatic rings. The van der Waals surface area contributed by atoms with Crippen LogP contribution in [-0.2, 0) is 0 Å². The summed E-state index contributed by atoms with van der Waals surface area (Å²) in [5.74, 6) is 1.58. The first-order chi connectivity index (χ1) is 13.7. The molecule has 1 aliphatic heterocycles. The fourth-order valence-electron chi connectivity index (χ4n) is 4.23. The van der Waals surface area contributed by atoms with E-state index in [-0.39, 0.29) is 5.82 Å². The Kier molecular flexibility index (Phi) is 5.93. The van der Waals surface area contributed by atoms with Crippen LogP contribution in [0.4, 0.5) is 21.8 Å². The van der Waals surface area contributed by atoms with Gasteiger partial charge >= 0.3 is 0 Å². The second kappa shape index (κ2) is 8.76. The van der Waals surface area contributed by atoms with Crippen molar-refractivity contribution in [2.24, 2.45) is 0 Å². The Morgan fingerprint density at radius 2 is 1.54 bits per heavy atom. The Morgan fingerprint density at radius 3 is 2.21 bits per heavy atom. The second-order valence-corrected chi connectivity index (χ2v) is 7.97. The van der Waals surface area contributed by atoms with Crippen molar-refractivity contribution in [1.82, 2.24) is 9.97 Å². The molecule has 5 nitrogen and oxygen atoms in total. The summed E-state index contributed by atoms with van der Waals surface area (Å²) in [5.41, 5.74) is 2.08. The first-order valence-electron chi connectivity index (χ1n) is 10.5. The third kappa shape index (κ3) is 4.72. The Morgan fingerprint density at radius 1 is 0.893 bits per heavy atom. The summed E-state index contributed by atoms with van der Waals surface area (Å²) in [6, 6.07) is 9.34. The van der Waals surface area contributed by atoms with E-state index in [4.69, 9.17) is 4.98 Å². The molecule has 1 saturated carbocycles. The lowest BCUT2D eigenvalue weighted by molar-refractivity contribution is 0.612. The standard InChI is InChI=1S/C22H30FN5/c1-17-16-21(26-22(24-17)25-19-6-4-2-3-5-7-19)28-14-12-27(13-15-28)20-10-8-18(23)9-11-20/h8-11,16,19H,2-7,12-15H2,1H3,(H,24,25,26). The van der Waals surface area contributed by atoms with E-state index >= 15 is 0 Å². The van der Waals surface area contributed by atoms with Gasteiger partial charge in [-0.15, -0.1) is 0 Å². The molecule has 0 radical (unpaired) electrons. The van der Waals surface area contributed by atoms with Crippen molar-refractivity contribution in [2.45, 2.75) is 51.5 Å². The molecular formula is C22H30FN5. The molecule has 0 amide bonds. The second-order valence-electron chi connectivity index (χ2n) is 7.97. The Labute approximate surface area is 167 Å². The molecular weight excluding hydrogens is 353 g/mol. The normalized spacial score (nSPS) is 18.8. The largest absolute Gasteiger partial charge is 0.368 e. The van der Waals surface area contributed by atoms with Crippen molar-refractivity contribution in [3.63, 3.8) is 0 Å². The minimum Gasteiger partial charge on any atom is -0.368 e. The molecule has 2 aromatic rings. The molecule has 1 aliphatic carbocycles. The molecule has 0 bridgehead atoms. The van der Waals surface area contributed by atoms with Crippen molar-refractivity contribution in [2.75, 3.05) is 41.3 Å². The maximum atomic E-state index is 13.2. The number of aryl methyl sites for hydroxylation is 1. The minimum absolute atomic E-state index is 0.187. The smallest absolute Gasteiger partial charge is 0.225 e. The van der Waals surface area contributed by atoms with Crippen LogP contribution in [0.1, 0.15) is 44.2 Å². The van der Waals surface area contributed by atoms with Gasteiger partial charge in [0.05, 0.1) is 0 Å². The lowest BCUT2D eigenvalue weighted by Crippen LogP contribution is -2.47. The number of nitrogens with one attached hydrogen (secondary N) is 1. The van der Waals surface area contributed by atoms with Crippen LogP contribution in [0.3, 0.4) is 0 Å². The van der Waals surface area contributed by atoms with Gasteiger partial charge in [0, 0.05) is 49.7 Å². The number of anilines is 3. The number of hydrogen-bond donors (Lipinski definition) is 1. The number of rotatable bonds is 4. The van der Waals surface area contributed by atoms with Crippen LogP contribution in [0, 0.1) is 12.7 Å². The van der Waals surface area contributed by atoms with E-state index in [1.807, 2.05) is 19.1 Å². The number of hydrogen-bond acceptors (Lipinski definition) is 5. The number of nitrogens with zero attached hydrogens (tertiary/aromatic N) is 4. The lowest BCUT2D eigenvalue weighted by atomic mass is 10.1. The van der Waals surface area contributed by atoms with Gasteiger partial charge in [-0.05, 0) is 44.0 Å². The molecule has 1 saturated heterocycles. The number of piperazine rings is 1. The van der Waals surface area contributed by atoms with E-state index in [9.17, 15) is 4.39 Å². The number of benzene rings is 1. The Bertz CT molecular complexity index is 763. The van der Waals surface area contributed by atoms with Crippen LogP contribution in [0.2, 0.25) is 0 Å². The van der Waals surface area contributed by atoms with E-state index in [1.165, 1.54) is 50.7 Å². The summed E-state index contributed by atoms with van der Waals surface area (Å²) in [5, 5.41) is 3.59. The average Bonchev–Trinajstić information content (AvgIpc) is 2.97. The van der Waals surface area contributed by atoms with Crippen LogP contribution in [0.5, 0.6) is 0 Å². The maximum Gasteiger partial charge on any atom is 0.225 e. The molecule has 6 heteroatoms. The highest BCUT2D eigenvalue weighted by molar-refractivity contribution is 5.50. The minimum atomic E-state index is -0.187. The first kappa shape index (κ1) is 19.0. The topological polar surface area (TPSA) is 44.3 Å². The molecule has 28 heavy (non-hydrogen) atoms. The summed E-state index contributed by atoms with van der Waals surface area (Å²) in [6.07, 6.45) is 7.70. The summed E-state index contributed by atoms with van der Waals surface area (Å²) in [7, 11) is 0. The number of halogens is 1. The summed E-state index contributed by atoms with van der Waals surface area (Å²) < 4.78 is 13.2. The molecule has 0 atom stereocenters. The quantitative estimate of drug-likeness (QED) is 0.794. The zero-order valence-corrected chi connectivity index (χ0v) is 16.7. The maximum absolute atomic E-state index is 13.2. The first-order valence-corrected chi connectivity index (χ1v) is 10.5. The van der Waals surface area contributed by atoms with Crippen LogP contribution in [-0.4, -0.2) is 42.2 Å². The van der Waals surface area contributed by atoms with Gasteiger partial charge < -0.3 is 15.1 Å². The monoisotopic (exact) mass is 383 g/mol. The van der Waals surface area contributed by atoms with Gasteiger partial charge in [-0.25, -0.2) is 9.37 Å². The molecule has 0 unspecified atom stereocenters. The van der Waals surface area contributed by atoms with Gasteiger partial charge in [-0.1, -0.05) is 25.7 Å². The molecule has 1 aromatic heterocycles. The summed E-state index contributed by atoms with van der Waals surface area (Å²) in [6.45, 7) is 5.64. The summed E-state index contributed by atoms with van der Waals surface area (Å²) >= 11 is 0. The van der Waals surface area contributed by atoms with Gasteiger partial charge in [-0.2, -0.15) is 4.98 Å². The van der Waals surface area contributed by atoms with Gasteiger partial charge in [0.15, 0.2) is 0 Å². The predicted molar refractivity (Wildman–Crippen MR) is 113 cm³/mol. The molecule has 2 fully saturated rings. The van der Waals surface area contributed by atoms with E-state index in [2.05, 4.69) is 26.2 Å². The van der Waals surface area contributed by atoms with Crippen LogP contribution in [0.15, 0.2) is 30.3 Å². The third-order valence-electron chi connectivity index (χ3n) is 5.82. The fourth-order valence-corrected chi connectivity index (χ4v) is 4.23. The van der Waals surface area contributed by atoms with Crippen LogP contribution in [0.25, 0.3) is 0 Å². The van der Waals surface area contributed by atoms with Crippen molar-refractivity contribution in [1.29, 1.82) is 0 Å². The Balaban J connectivity index is 1.40. The predicted octanol–water partition coefficient (Wildman–Crippen LogP) is 4.39. The lowest BCUT2D eigenvalue weighted by Gasteiger charge is -2.37. The molecule has 1 aromatic carbocycles. The molecule has 0 spiro atoms.